The normalized spacial score (nSPS) is 10.8. The van der Waals surface area contributed by atoms with Crippen molar-refractivity contribution in [1.29, 1.82) is 0 Å². The molecule has 0 spiro atoms. The van der Waals surface area contributed by atoms with Crippen molar-refractivity contribution < 1.29 is 17.9 Å². The maximum atomic E-state index is 13.8. The first kappa shape index (κ1) is 15.5. The van der Waals surface area contributed by atoms with Crippen molar-refractivity contribution in [2.75, 3.05) is 11.3 Å². The van der Waals surface area contributed by atoms with Gasteiger partial charge in [-0.3, -0.25) is 4.72 Å². The monoisotopic (exact) mass is 325 g/mol. The molecule has 21 heavy (non-hydrogen) atoms. The summed E-state index contributed by atoms with van der Waals surface area (Å²) in [4.78, 5) is 0. The Morgan fingerprint density at radius 3 is 2.76 bits per heavy atom. The van der Waals surface area contributed by atoms with Crippen LogP contribution in [0, 0.1) is 17.7 Å². The van der Waals surface area contributed by atoms with Crippen LogP contribution in [0.3, 0.4) is 0 Å². The Hall–Kier alpha value is -1.88. The number of halogens is 1. The minimum Gasteiger partial charge on any atom is -0.395 e. The summed E-state index contributed by atoms with van der Waals surface area (Å²) in [6.45, 7) is -0.0900. The van der Waals surface area contributed by atoms with E-state index in [1.807, 2.05) is 0 Å². The molecule has 0 bridgehead atoms. The van der Waals surface area contributed by atoms with Crippen LogP contribution in [0.5, 0.6) is 0 Å². The third-order valence-electron chi connectivity index (χ3n) is 2.44. The molecule has 0 atom stereocenters. The summed E-state index contributed by atoms with van der Waals surface area (Å²) >= 11 is 1.08. The molecule has 4 nitrogen and oxygen atoms in total. The zero-order valence-electron chi connectivity index (χ0n) is 10.8. The minimum atomic E-state index is -3.69. The fraction of sp³-hybridized carbons (Fsp3) is 0.143. The van der Waals surface area contributed by atoms with Crippen molar-refractivity contribution in [3.8, 4) is 11.8 Å². The van der Waals surface area contributed by atoms with Gasteiger partial charge >= 0.3 is 0 Å². The van der Waals surface area contributed by atoms with Gasteiger partial charge in [0, 0.05) is 6.42 Å². The standard InChI is InChI=1S/C14H12FNO3S2/c15-13-10-12(7-6-11(13)4-1-2-8-17)16-21(18,19)14-5-3-9-20-14/h3,5-7,9-10,16-17H,2,8H2. The fourth-order valence-electron chi connectivity index (χ4n) is 1.52. The number of aliphatic hydroxyl groups is 1. The van der Waals surface area contributed by atoms with E-state index in [-0.39, 0.29) is 28.5 Å². The summed E-state index contributed by atoms with van der Waals surface area (Å²) in [5, 5.41) is 10.3. The van der Waals surface area contributed by atoms with Gasteiger partial charge in [-0.15, -0.1) is 11.3 Å². The van der Waals surface area contributed by atoms with E-state index in [0.717, 1.165) is 17.4 Å². The molecular formula is C14H12FNO3S2. The van der Waals surface area contributed by atoms with Gasteiger partial charge < -0.3 is 5.11 Å². The van der Waals surface area contributed by atoms with Crippen LogP contribution in [0.15, 0.2) is 39.9 Å². The number of rotatable bonds is 4. The molecule has 0 fully saturated rings. The molecule has 0 radical (unpaired) electrons. The second kappa shape index (κ2) is 6.72. The van der Waals surface area contributed by atoms with Crippen molar-refractivity contribution >= 4 is 27.0 Å². The summed E-state index contributed by atoms with van der Waals surface area (Å²) in [5.74, 6) is 4.56. The minimum absolute atomic E-state index is 0.0900. The lowest BCUT2D eigenvalue weighted by atomic mass is 10.2. The van der Waals surface area contributed by atoms with Crippen LogP contribution in [0.1, 0.15) is 12.0 Å². The van der Waals surface area contributed by atoms with E-state index in [2.05, 4.69) is 16.6 Å². The Kier molecular flexibility index (Phi) is 4.96. The quantitative estimate of drug-likeness (QED) is 0.849. The lowest BCUT2D eigenvalue weighted by Gasteiger charge is -2.06. The Bertz CT molecular complexity index is 774. The van der Waals surface area contributed by atoms with E-state index in [0.29, 0.717) is 0 Å². The molecule has 0 aliphatic heterocycles. The molecule has 110 valence electrons. The highest BCUT2D eigenvalue weighted by Gasteiger charge is 2.15. The van der Waals surface area contributed by atoms with Crippen LogP contribution >= 0.6 is 11.3 Å². The Morgan fingerprint density at radius 1 is 1.33 bits per heavy atom. The molecule has 0 unspecified atom stereocenters. The van der Waals surface area contributed by atoms with Gasteiger partial charge in [0.25, 0.3) is 10.0 Å². The first-order valence-corrected chi connectivity index (χ1v) is 8.35. The van der Waals surface area contributed by atoms with Gasteiger partial charge in [0.05, 0.1) is 17.9 Å². The maximum absolute atomic E-state index is 13.8. The molecule has 2 aromatic rings. The number of anilines is 1. The number of thiophene rings is 1. The molecule has 0 saturated heterocycles. The van der Waals surface area contributed by atoms with Crippen LogP contribution in [0.25, 0.3) is 0 Å². The second-order valence-electron chi connectivity index (χ2n) is 4.01. The topological polar surface area (TPSA) is 66.4 Å². The molecular weight excluding hydrogens is 313 g/mol. The number of aliphatic hydroxyl groups excluding tert-OH is 1. The van der Waals surface area contributed by atoms with Gasteiger partial charge in [-0.25, -0.2) is 12.8 Å². The predicted molar refractivity (Wildman–Crippen MR) is 80.1 cm³/mol. The Morgan fingerprint density at radius 2 is 2.14 bits per heavy atom. The summed E-state index contributed by atoms with van der Waals surface area (Å²) in [5.41, 5.74) is 0.288. The van der Waals surface area contributed by atoms with E-state index in [1.165, 1.54) is 18.2 Å². The zero-order valence-corrected chi connectivity index (χ0v) is 12.5. The van der Waals surface area contributed by atoms with E-state index in [4.69, 9.17) is 5.11 Å². The number of benzene rings is 1. The summed E-state index contributed by atoms with van der Waals surface area (Å²) in [6, 6.07) is 7.01. The van der Waals surface area contributed by atoms with Crippen molar-refractivity contribution in [3.05, 3.63) is 47.1 Å². The van der Waals surface area contributed by atoms with Crippen LogP contribution in [-0.4, -0.2) is 20.1 Å². The van der Waals surface area contributed by atoms with Crippen LogP contribution in [0.2, 0.25) is 0 Å². The van der Waals surface area contributed by atoms with E-state index < -0.39 is 15.8 Å². The maximum Gasteiger partial charge on any atom is 0.271 e. The number of hydrogen-bond acceptors (Lipinski definition) is 4. The van der Waals surface area contributed by atoms with Crippen LogP contribution < -0.4 is 4.72 Å². The van der Waals surface area contributed by atoms with Gasteiger partial charge in [0.1, 0.15) is 10.0 Å². The lowest BCUT2D eigenvalue weighted by Crippen LogP contribution is -2.11. The van der Waals surface area contributed by atoms with Crippen molar-refractivity contribution in [1.82, 2.24) is 0 Å². The van der Waals surface area contributed by atoms with Gasteiger partial charge in [-0.2, -0.15) is 0 Å². The molecule has 0 aliphatic carbocycles. The largest absolute Gasteiger partial charge is 0.395 e. The highest BCUT2D eigenvalue weighted by molar-refractivity contribution is 7.94. The fourth-order valence-corrected chi connectivity index (χ4v) is 3.56. The van der Waals surface area contributed by atoms with Gasteiger partial charge in [-0.1, -0.05) is 17.9 Å². The highest BCUT2D eigenvalue weighted by Crippen LogP contribution is 2.21. The Balaban J connectivity index is 2.20. The summed E-state index contributed by atoms with van der Waals surface area (Å²) < 4.78 is 40.3. The molecule has 2 N–H and O–H groups in total. The smallest absolute Gasteiger partial charge is 0.271 e. The van der Waals surface area contributed by atoms with Gasteiger partial charge in [0.2, 0.25) is 0 Å². The first-order chi connectivity index (χ1) is 10.0. The van der Waals surface area contributed by atoms with E-state index in [9.17, 15) is 12.8 Å². The summed E-state index contributed by atoms with van der Waals surface area (Å²) in [6.07, 6.45) is 0.256. The molecule has 0 saturated carbocycles. The lowest BCUT2D eigenvalue weighted by molar-refractivity contribution is 0.305. The average molecular weight is 325 g/mol. The number of sulfonamides is 1. The number of hydrogen-bond donors (Lipinski definition) is 2. The highest BCUT2D eigenvalue weighted by atomic mass is 32.2. The van der Waals surface area contributed by atoms with Gasteiger partial charge in [-0.05, 0) is 29.6 Å². The zero-order chi connectivity index (χ0) is 15.3. The van der Waals surface area contributed by atoms with Crippen molar-refractivity contribution in [2.24, 2.45) is 0 Å². The molecule has 2 rings (SSSR count). The summed E-state index contributed by atoms with van der Waals surface area (Å²) in [7, 11) is -3.69. The Labute approximate surface area is 126 Å². The second-order valence-corrected chi connectivity index (χ2v) is 6.86. The average Bonchev–Trinajstić information content (AvgIpc) is 2.96. The molecule has 1 heterocycles. The van der Waals surface area contributed by atoms with Crippen molar-refractivity contribution in [3.63, 3.8) is 0 Å². The van der Waals surface area contributed by atoms with Crippen LogP contribution in [-0.2, 0) is 10.0 Å². The first-order valence-electron chi connectivity index (χ1n) is 5.98. The molecule has 0 aliphatic rings. The van der Waals surface area contributed by atoms with Crippen molar-refractivity contribution in [2.45, 2.75) is 10.6 Å². The van der Waals surface area contributed by atoms with E-state index >= 15 is 0 Å². The SMILES string of the molecule is O=S(=O)(Nc1ccc(C#CCCO)c(F)c1)c1cccs1. The molecule has 0 amide bonds. The molecule has 7 heteroatoms. The van der Waals surface area contributed by atoms with Crippen LogP contribution in [0.4, 0.5) is 10.1 Å². The third-order valence-corrected chi connectivity index (χ3v) is 5.22. The van der Waals surface area contributed by atoms with Gasteiger partial charge in [0.15, 0.2) is 0 Å². The third kappa shape index (κ3) is 4.04. The van der Waals surface area contributed by atoms with E-state index in [1.54, 1.807) is 11.4 Å². The molecule has 1 aromatic carbocycles. The molecule has 1 aromatic heterocycles. The number of nitrogens with one attached hydrogen (secondary N) is 1. The predicted octanol–water partition coefficient (Wildman–Crippen LogP) is 2.42.